The molecule has 4 fully saturated rings. The number of anilines is 2. The summed E-state index contributed by atoms with van der Waals surface area (Å²) in [5, 5.41) is 2.80. The van der Waals surface area contributed by atoms with Crippen molar-refractivity contribution in [1.82, 2.24) is 25.1 Å². The fourth-order valence-corrected chi connectivity index (χ4v) is 7.49. The molecule has 0 aliphatic carbocycles. The van der Waals surface area contributed by atoms with Gasteiger partial charge in [-0.2, -0.15) is 0 Å². The zero-order valence-corrected chi connectivity index (χ0v) is 24.2. The Morgan fingerprint density at radius 1 is 0.881 bits per heavy atom. The SMILES string of the molecule is O=C1CCC(N2C(=O)c3ccc(N4CCC5(CC4)CN(CC4CCN(c6ncc(Cl)cn6)CC4)C5)cc3C2=O)C(=O)N1. The summed E-state index contributed by atoms with van der Waals surface area (Å²) < 4.78 is 0. The molecular weight excluding hydrogens is 558 g/mol. The summed E-state index contributed by atoms with van der Waals surface area (Å²) >= 11 is 5.93. The number of carbonyl (C=O) groups is 4. The molecule has 220 valence electrons. The topological polar surface area (TPSA) is 119 Å². The van der Waals surface area contributed by atoms with Crippen LogP contribution >= 0.6 is 11.6 Å². The lowest BCUT2D eigenvalue weighted by atomic mass is 9.71. The Kier molecular flexibility index (Phi) is 6.89. The largest absolute Gasteiger partial charge is 0.371 e. The molecule has 42 heavy (non-hydrogen) atoms. The number of piperidine rings is 3. The molecule has 1 aromatic carbocycles. The number of nitrogens with one attached hydrogen (secondary N) is 1. The molecule has 4 saturated heterocycles. The second-order valence-electron chi connectivity index (χ2n) is 12.5. The van der Waals surface area contributed by atoms with E-state index >= 15 is 0 Å². The van der Waals surface area contributed by atoms with Crippen LogP contribution < -0.4 is 15.1 Å². The van der Waals surface area contributed by atoms with Crippen molar-refractivity contribution >= 4 is 46.9 Å². The molecule has 7 rings (SSSR count). The lowest BCUT2D eigenvalue weighted by molar-refractivity contribution is -0.136. The summed E-state index contributed by atoms with van der Waals surface area (Å²) in [5.74, 6) is -0.433. The lowest BCUT2D eigenvalue weighted by Gasteiger charge is -2.55. The van der Waals surface area contributed by atoms with Gasteiger partial charge in [0.25, 0.3) is 11.8 Å². The van der Waals surface area contributed by atoms with E-state index in [1.54, 1.807) is 24.5 Å². The van der Waals surface area contributed by atoms with E-state index < -0.39 is 23.8 Å². The molecule has 0 saturated carbocycles. The van der Waals surface area contributed by atoms with Crippen molar-refractivity contribution < 1.29 is 19.2 Å². The summed E-state index contributed by atoms with van der Waals surface area (Å²) in [6.07, 6.45) is 8.07. The number of hydrogen-bond donors (Lipinski definition) is 1. The van der Waals surface area contributed by atoms with Crippen LogP contribution in [0.3, 0.4) is 0 Å². The predicted octanol–water partition coefficient (Wildman–Crippen LogP) is 2.35. The molecule has 1 atom stereocenters. The number of likely N-dealkylation sites (tertiary alicyclic amines) is 1. The number of benzene rings is 1. The molecule has 1 unspecified atom stereocenters. The van der Waals surface area contributed by atoms with Gasteiger partial charge in [0.1, 0.15) is 6.04 Å². The lowest BCUT2D eigenvalue weighted by Crippen LogP contribution is -2.61. The first kappa shape index (κ1) is 27.3. The van der Waals surface area contributed by atoms with Crippen LogP contribution in [-0.4, -0.2) is 95.3 Å². The minimum absolute atomic E-state index is 0.112. The first-order chi connectivity index (χ1) is 20.3. The molecule has 5 aliphatic heterocycles. The summed E-state index contributed by atoms with van der Waals surface area (Å²) in [4.78, 5) is 67.1. The first-order valence-corrected chi connectivity index (χ1v) is 15.2. The summed E-state index contributed by atoms with van der Waals surface area (Å²) in [7, 11) is 0. The van der Waals surface area contributed by atoms with Crippen LogP contribution in [-0.2, 0) is 9.59 Å². The van der Waals surface area contributed by atoms with Crippen LogP contribution in [0.5, 0.6) is 0 Å². The van der Waals surface area contributed by atoms with E-state index in [-0.39, 0.29) is 18.7 Å². The number of amides is 4. The maximum absolute atomic E-state index is 13.2. The Bertz CT molecular complexity index is 1430. The van der Waals surface area contributed by atoms with E-state index in [1.807, 2.05) is 6.07 Å². The molecule has 4 amide bonds. The van der Waals surface area contributed by atoms with Crippen LogP contribution in [0.2, 0.25) is 5.02 Å². The minimum Gasteiger partial charge on any atom is -0.371 e. The van der Waals surface area contributed by atoms with Gasteiger partial charge in [-0.15, -0.1) is 0 Å². The molecule has 1 aromatic heterocycles. The van der Waals surface area contributed by atoms with Crippen LogP contribution in [0, 0.1) is 11.3 Å². The highest BCUT2D eigenvalue weighted by Crippen LogP contribution is 2.42. The fraction of sp³-hybridized carbons (Fsp3) is 0.533. The second kappa shape index (κ2) is 10.6. The number of hydrogen-bond acceptors (Lipinski definition) is 9. The van der Waals surface area contributed by atoms with Crippen molar-refractivity contribution in [3.05, 3.63) is 46.7 Å². The molecule has 1 N–H and O–H groups in total. The van der Waals surface area contributed by atoms with Crippen molar-refractivity contribution in [2.45, 2.75) is 44.6 Å². The van der Waals surface area contributed by atoms with Gasteiger partial charge in [0, 0.05) is 57.9 Å². The Morgan fingerprint density at radius 2 is 1.57 bits per heavy atom. The minimum atomic E-state index is -0.944. The number of nitrogens with zero attached hydrogens (tertiary/aromatic N) is 6. The molecule has 11 nitrogen and oxygen atoms in total. The van der Waals surface area contributed by atoms with Crippen LogP contribution in [0.25, 0.3) is 0 Å². The van der Waals surface area contributed by atoms with Gasteiger partial charge in [0.05, 0.1) is 28.5 Å². The zero-order chi connectivity index (χ0) is 29.0. The van der Waals surface area contributed by atoms with Crippen molar-refractivity contribution in [2.75, 3.05) is 55.6 Å². The van der Waals surface area contributed by atoms with Crippen LogP contribution in [0.15, 0.2) is 30.6 Å². The first-order valence-electron chi connectivity index (χ1n) is 14.8. The van der Waals surface area contributed by atoms with E-state index in [0.717, 1.165) is 88.0 Å². The number of halogens is 1. The number of carbonyl (C=O) groups excluding carboxylic acids is 4. The summed E-state index contributed by atoms with van der Waals surface area (Å²) in [5.41, 5.74) is 1.95. The van der Waals surface area contributed by atoms with Crippen LogP contribution in [0.1, 0.15) is 59.2 Å². The average molecular weight is 592 g/mol. The van der Waals surface area contributed by atoms with Gasteiger partial charge in [-0.1, -0.05) is 11.6 Å². The maximum Gasteiger partial charge on any atom is 0.262 e. The van der Waals surface area contributed by atoms with E-state index in [0.29, 0.717) is 27.5 Å². The highest BCUT2D eigenvalue weighted by molar-refractivity contribution is 6.30. The fourth-order valence-electron chi connectivity index (χ4n) is 7.39. The van der Waals surface area contributed by atoms with E-state index in [2.05, 4.69) is 30.0 Å². The number of aromatic nitrogens is 2. The van der Waals surface area contributed by atoms with Crippen molar-refractivity contribution in [3.8, 4) is 0 Å². The molecule has 1 spiro atoms. The Hall–Kier alpha value is -3.57. The molecule has 6 heterocycles. The highest BCUT2D eigenvalue weighted by Gasteiger charge is 2.47. The quantitative estimate of drug-likeness (QED) is 0.523. The van der Waals surface area contributed by atoms with Gasteiger partial charge in [-0.05, 0) is 61.6 Å². The van der Waals surface area contributed by atoms with Crippen molar-refractivity contribution in [3.63, 3.8) is 0 Å². The number of imide groups is 2. The van der Waals surface area contributed by atoms with Crippen molar-refractivity contribution in [2.24, 2.45) is 11.3 Å². The Morgan fingerprint density at radius 3 is 2.26 bits per heavy atom. The average Bonchev–Trinajstić information content (AvgIpc) is 3.22. The maximum atomic E-state index is 13.2. The number of fused-ring (bicyclic) bond motifs is 1. The molecular formula is C30H34ClN7O4. The molecule has 0 radical (unpaired) electrons. The molecule has 2 aromatic rings. The van der Waals surface area contributed by atoms with Crippen LogP contribution in [0.4, 0.5) is 11.6 Å². The Labute approximate surface area is 249 Å². The summed E-state index contributed by atoms with van der Waals surface area (Å²) in [6, 6.07) is 4.47. The van der Waals surface area contributed by atoms with Gasteiger partial charge < -0.3 is 14.7 Å². The van der Waals surface area contributed by atoms with E-state index in [9.17, 15) is 19.2 Å². The summed E-state index contributed by atoms with van der Waals surface area (Å²) in [6.45, 7) is 7.18. The second-order valence-corrected chi connectivity index (χ2v) is 12.9. The van der Waals surface area contributed by atoms with Gasteiger partial charge in [0.2, 0.25) is 17.8 Å². The van der Waals surface area contributed by atoms with E-state index in [4.69, 9.17) is 11.6 Å². The van der Waals surface area contributed by atoms with Gasteiger partial charge in [0.15, 0.2) is 0 Å². The standard InChI is InChI=1S/C30H34ClN7O4/c31-20-14-32-29(33-15-20)37-9-5-19(6-10-37)16-35-17-30(18-35)7-11-36(12-8-30)21-1-2-22-23(13-21)28(42)38(27(22)41)24-3-4-25(39)34-26(24)40/h1-2,13-15,19,24H,3-12,16-18H2,(H,34,39,40). The van der Waals surface area contributed by atoms with E-state index in [1.165, 1.54) is 0 Å². The third kappa shape index (κ3) is 4.92. The molecule has 5 aliphatic rings. The monoisotopic (exact) mass is 591 g/mol. The van der Waals surface area contributed by atoms with Crippen molar-refractivity contribution in [1.29, 1.82) is 0 Å². The predicted molar refractivity (Wildman–Crippen MR) is 155 cm³/mol. The third-order valence-electron chi connectivity index (χ3n) is 9.75. The molecule has 0 bridgehead atoms. The van der Waals surface area contributed by atoms with Gasteiger partial charge in [-0.25, -0.2) is 9.97 Å². The zero-order valence-electron chi connectivity index (χ0n) is 23.4. The smallest absolute Gasteiger partial charge is 0.262 e. The normalized spacial score (nSPS) is 24.7. The van der Waals surface area contributed by atoms with Gasteiger partial charge in [-0.3, -0.25) is 29.4 Å². The third-order valence-corrected chi connectivity index (χ3v) is 9.95. The van der Waals surface area contributed by atoms with Gasteiger partial charge >= 0.3 is 0 Å². The highest BCUT2D eigenvalue weighted by atomic mass is 35.5. The Balaban J connectivity index is 0.905. The molecule has 12 heteroatoms. The number of rotatable bonds is 5.